The number of aromatic carboxylic acids is 1. The van der Waals surface area contributed by atoms with Crippen LogP contribution in [0.4, 0.5) is 0 Å². The minimum absolute atomic E-state index is 0.00562. The summed E-state index contributed by atoms with van der Waals surface area (Å²) in [5, 5.41) is 13.5. The average molecular weight is 293 g/mol. The third kappa shape index (κ3) is 2.25. The van der Waals surface area contributed by atoms with Gasteiger partial charge in [0, 0.05) is 18.0 Å². The number of sulfone groups is 1. The van der Waals surface area contributed by atoms with Gasteiger partial charge in [0.2, 0.25) is 9.84 Å². The van der Waals surface area contributed by atoms with Crippen LogP contribution in [0, 0.1) is 0 Å². The minimum atomic E-state index is -3.51. The maximum atomic E-state index is 12.1. The Balaban J connectivity index is 1.90. The molecule has 5 nitrogen and oxygen atoms in total. The zero-order chi connectivity index (χ0) is 14.3. The second kappa shape index (κ2) is 4.71. The number of benzene rings is 1. The monoisotopic (exact) mass is 293 g/mol. The molecular weight excluding hydrogens is 278 g/mol. The summed E-state index contributed by atoms with van der Waals surface area (Å²) >= 11 is 0. The van der Waals surface area contributed by atoms with Crippen molar-refractivity contribution in [3.8, 4) is 0 Å². The molecule has 1 aromatic carbocycles. The standard InChI is InChI=1S/C14H15NO4S/c16-14(17)9-4-5-12-10(7-15-11-2-1-3-11)8-20(18,19)13(12)6-9/h4-6,8,11,15H,1-3,7H2,(H,16,17). The number of nitrogens with one attached hydrogen (secondary N) is 1. The van der Waals surface area contributed by atoms with E-state index in [1.54, 1.807) is 6.07 Å². The first-order valence-corrected chi connectivity index (χ1v) is 8.09. The Bertz CT molecular complexity index is 702. The van der Waals surface area contributed by atoms with Gasteiger partial charge in [0.15, 0.2) is 0 Å². The summed E-state index contributed by atoms with van der Waals surface area (Å²) in [7, 11) is -3.51. The van der Waals surface area contributed by atoms with Gasteiger partial charge in [0.25, 0.3) is 0 Å². The third-order valence-electron chi connectivity index (χ3n) is 3.86. The maximum Gasteiger partial charge on any atom is 0.335 e. The molecule has 2 aliphatic rings. The molecule has 0 unspecified atom stereocenters. The first-order valence-electron chi connectivity index (χ1n) is 6.54. The summed E-state index contributed by atoms with van der Waals surface area (Å²) in [4.78, 5) is 11.0. The summed E-state index contributed by atoms with van der Waals surface area (Å²) in [6.07, 6.45) is 3.48. The topological polar surface area (TPSA) is 83.5 Å². The summed E-state index contributed by atoms with van der Waals surface area (Å²) in [6, 6.07) is 4.73. The fourth-order valence-electron chi connectivity index (χ4n) is 2.47. The van der Waals surface area contributed by atoms with Crippen molar-refractivity contribution in [1.82, 2.24) is 5.32 Å². The first-order chi connectivity index (χ1) is 9.47. The lowest BCUT2D eigenvalue weighted by atomic mass is 9.93. The maximum absolute atomic E-state index is 12.1. The molecule has 1 aliphatic carbocycles. The molecule has 6 heteroatoms. The van der Waals surface area contributed by atoms with E-state index in [1.807, 2.05) is 0 Å². The van der Waals surface area contributed by atoms with Gasteiger partial charge in [-0.25, -0.2) is 13.2 Å². The molecule has 106 valence electrons. The smallest absolute Gasteiger partial charge is 0.335 e. The van der Waals surface area contributed by atoms with E-state index in [2.05, 4.69) is 5.32 Å². The van der Waals surface area contributed by atoms with Crippen molar-refractivity contribution in [2.75, 3.05) is 6.54 Å². The average Bonchev–Trinajstić information content (AvgIpc) is 2.59. The van der Waals surface area contributed by atoms with Gasteiger partial charge >= 0.3 is 5.97 Å². The van der Waals surface area contributed by atoms with E-state index >= 15 is 0 Å². The predicted molar refractivity (Wildman–Crippen MR) is 74.2 cm³/mol. The normalized spacial score (nSPS) is 20.1. The number of carboxylic acid groups (broad SMARTS) is 1. The molecule has 3 rings (SSSR count). The van der Waals surface area contributed by atoms with E-state index < -0.39 is 15.8 Å². The lowest BCUT2D eigenvalue weighted by Crippen LogP contribution is -2.35. The molecule has 1 heterocycles. The van der Waals surface area contributed by atoms with Crippen LogP contribution in [0.15, 0.2) is 28.5 Å². The summed E-state index contributed by atoms with van der Waals surface area (Å²) in [5.41, 5.74) is 1.32. The van der Waals surface area contributed by atoms with Crippen molar-refractivity contribution in [1.29, 1.82) is 0 Å². The molecule has 1 fully saturated rings. The van der Waals surface area contributed by atoms with Gasteiger partial charge in [-0.05, 0) is 36.1 Å². The molecule has 0 atom stereocenters. The van der Waals surface area contributed by atoms with E-state index in [1.165, 1.54) is 24.0 Å². The highest BCUT2D eigenvalue weighted by Crippen LogP contribution is 2.34. The van der Waals surface area contributed by atoms with Crippen molar-refractivity contribution in [2.45, 2.75) is 30.2 Å². The molecule has 1 aliphatic heterocycles. The summed E-state index contributed by atoms with van der Waals surface area (Å²) < 4.78 is 24.1. The van der Waals surface area contributed by atoms with Crippen molar-refractivity contribution < 1.29 is 18.3 Å². The van der Waals surface area contributed by atoms with Crippen LogP contribution >= 0.6 is 0 Å². The van der Waals surface area contributed by atoms with Gasteiger partial charge in [-0.2, -0.15) is 0 Å². The number of fused-ring (bicyclic) bond motifs is 1. The Morgan fingerprint density at radius 2 is 2.10 bits per heavy atom. The van der Waals surface area contributed by atoms with E-state index in [0.717, 1.165) is 12.8 Å². The molecule has 0 aromatic heterocycles. The van der Waals surface area contributed by atoms with Crippen LogP contribution < -0.4 is 5.32 Å². The molecule has 0 spiro atoms. The molecule has 0 saturated heterocycles. The molecule has 1 aromatic rings. The molecule has 0 bridgehead atoms. The highest BCUT2D eigenvalue weighted by Gasteiger charge is 2.28. The highest BCUT2D eigenvalue weighted by atomic mass is 32.2. The highest BCUT2D eigenvalue weighted by molar-refractivity contribution is 7.95. The van der Waals surface area contributed by atoms with E-state index in [-0.39, 0.29) is 10.5 Å². The van der Waals surface area contributed by atoms with Gasteiger partial charge in [-0.3, -0.25) is 0 Å². The lowest BCUT2D eigenvalue weighted by molar-refractivity contribution is 0.0696. The Hall–Kier alpha value is -1.66. The molecule has 0 radical (unpaired) electrons. The van der Waals surface area contributed by atoms with Crippen LogP contribution in [0.2, 0.25) is 0 Å². The van der Waals surface area contributed by atoms with Crippen LogP contribution in [0.1, 0.15) is 35.2 Å². The van der Waals surface area contributed by atoms with E-state index in [9.17, 15) is 13.2 Å². The van der Waals surface area contributed by atoms with Gasteiger partial charge < -0.3 is 10.4 Å². The van der Waals surface area contributed by atoms with Crippen molar-refractivity contribution in [3.63, 3.8) is 0 Å². The van der Waals surface area contributed by atoms with Gasteiger partial charge in [0.1, 0.15) is 0 Å². The first kappa shape index (κ1) is 13.3. The SMILES string of the molecule is O=C(O)c1ccc2c(c1)S(=O)(=O)C=C2CNC1CCC1. The van der Waals surface area contributed by atoms with Crippen LogP contribution in [0.25, 0.3) is 5.57 Å². The van der Waals surface area contributed by atoms with Crippen LogP contribution in [0.3, 0.4) is 0 Å². The molecule has 20 heavy (non-hydrogen) atoms. The van der Waals surface area contributed by atoms with Gasteiger partial charge in [-0.15, -0.1) is 0 Å². The Morgan fingerprint density at radius 1 is 1.35 bits per heavy atom. The molecule has 2 N–H and O–H groups in total. The number of rotatable bonds is 4. The lowest BCUT2D eigenvalue weighted by Gasteiger charge is -2.26. The fourth-order valence-corrected chi connectivity index (χ4v) is 3.98. The Morgan fingerprint density at radius 3 is 2.70 bits per heavy atom. The largest absolute Gasteiger partial charge is 0.478 e. The Labute approximate surface area is 117 Å². The zero-order valence-corrected chi connectivity index (χ0v) is 11.6. The van der Waals surface area contributed by atoms with Crippen molar-refractivity contribution >= 4 is 21.4 Å². The second-order valence-electron chi connectivity index (χ2n) is 5.21. The van der Waals surface area contributed by atoms with Gasteiger partial charge in [-0.1, -0.05) is 12.5 Å². The molecular formula is C14H15NO4S. The predicted octanol–water partition coefficient (Wildman–Crippen LogP) is 1.66. The third-order valence-corrected chi connectivity index (χ3v) is 5.41. The van der Waals surface area contributed by atoms with Crippen LogP contribution in [-0.4, -0.2) is 32.1 Å². The van der Waals surface area contributed by atoms with Crippen LogP contribution in [0.5, 0.6) is 0 Å². The minimum Gasteiger partial charge on any atom is -0.478 e. The number of carbonyl (C=O) groups is 1. The summed E-state index contributed by atoms with van der Waals surface area (Å²) in [5.74, 6) is -1.12. The number of carboxylic acids is 1. The van der Waals surface area contributed by atoms with Gasteiger partial charge in [0.05, 0.1) is 10.5 Å². The summed E-state index contributed by atoms with van der Waals surface area (Å²) in [6.45, 7) is 0.503. The zero-order valence-electron chi connectivity index (χ0n) is 10.8. The Kier molecular flexibility index (Phi) is 3.14. The van der Waals surface area contributed by atoms with Crippen LogP contribution in [-0.2, 0) is 9.84 Å². The van der Waals surface area contributed by atoms with Crippen molar-refractivity contribution in [2.24, 2.45) is 0 Å². The fraction of sp³-hybridized carbons (Fsp3) is 0.357. The van der Waals surface area contributed by atoms with Crippen molar-refractivity contribution in [3.05, 3.63) is 34.7 Å². The number of hydrogen-bond acceptors (Lipinski definition) is 4. The number of hydrogen-bond donors (Lipinski definition) is 2. The van der Waals surface area contributed by atoms with E-state index in [0.29, 0.717) is 23.7 Å². The second-order valence-corrected chi connectivity index (χ2v) is 6.98. The molecule has 1 saturated carbocycles. The molecule has 0 amide bonds. The quantitative estimate of drug-likeness (QED) is 0.882. The van der Waals surface area contributed by atoms with E-state index in [4.69, 9.17) is 5.11 Å².